The highest BCUT2D eigenvalue weighted by Gasteiger charge is 2.59. The standard InChI is InChI=1S/C55H56N2Si2/c1-9-39-25-30-45(31-26-39)56(43-19-13-11-14-20-43)47-34-29-41-36-50-51(37-42(41)35-47)55(58(3,4)5,59(6,7)8)52-38-53(48-23-17-18-24-49(48)54(50)52)57(44-21-15-12-16-22-44)46-32-27-40(10-2)28-33-46/h11-38H,9-10H2,1-8H3. The van der Waals surface area contributed by atoms with Crippen molar-refractivity contribution in [2.24, 2.45) is 0 Å². The summed E-state index contributed by atoms with van der Waals surface area (Å²) in [6.07, 6.45) is 2.05. The first-order valence-corrected chi connectivity index (χ1v) is 28.5. The summed E-state index contributed by atoms with van der Waals surface area (Å²) in [7, 11) is -4.07. The van der Waals surface area contributed by atoms with Gasteiger partial charge >= 0.3 is 0 Å². The first-order chi connectivity index (χ1) is 28.4. The molecule has 8 aromatic rings. The number of hydrogen-bond donors (Lipinski definition) is 0. The molecule has 4 heteroatoms. The SMILES string of the molecule is CCc1ccc(N(c2ccccc2)c2ccc3cc4c(cc3c2)C([Si](C)(C)C)([Si](C)(C)C)c2cc(N(c3ccccc3)c3ccc(CC)cc3)c3ccccc3c2-4)cc1. The quantitative estimate of drug-likeness (QED) is 0.127. The number of fused-ring (bicyclic) bond motifs is 6. The molecule has 1 aliphatic rings. The van der Waals surface area contributed by atoms with E-state index in [1.807, 2.05) is 0 Å². The number of nitrogens with zero attached hydrogens (tertiary/aromatic N) is 2. The Morgan fingerprint density at radius 1 is 0.407 bits per heavy atom. The smallest absolute Gasteiger partial charge is 0.0579 e. The Hall–Kier alpha value is -5.69. The van der Waals surface area contributed by atoms with Crippen LogP contribution in [0.2, 0.25) is 39.3 Å². The van der Waals surface area contributed by atoms with E-state index in [2.05, 4.69) is 233 Å². The number of anilines is 6. The van der Waals surface area contributed by atoms with E-state index >= 15 is 0 Å². The zero-order chi connectivity index (χ0) is 41.1. The van der Waals surface area contributed by atoms with E-state index in [0.29, 0.717) is 0 Å². The van der Waals surface area contributed by atoms with E-state index in [-0.39, 0.29) is 4.66 Å². The van der Waals surface area contributed by atoms with Gasteiger partial charge in [0.25, 0.3) is 0 Å². The molecular weight excluding hydrogens is 745 g/mol. The van der Waals surface area contributed by atoms with Crippen molar-refractivity contribution in [2.75, 3.05) is 9.80 Å². The predicted octanol–water partition coefficient (Wildman–Crippen LogP) is 16.1. The number of hydrogen-bond acceptors (Lipinski definition) is 2. The fraction of sp³-hybridized carbons (Fsp3) is 0.200. The minimum Gasteiger partial charge on any atom is -0.310 e. The predicted molar refractivity (Wildman–Crippen MR) is 262 cm³/mol. The van der Waals surface area contributed by atoms with Gasteiger partial charge in [0.05, 0.1) is 21.8 Å². The van der Waals surface area contributed by atoms with Gasteiger partial charge in [-0.15, -0.1) is 0 Å². The van der Waals surface area contributed by atoms with Crippen LogP contribution in [0.3, 0.4) is 0 Å². The highest BCUT2D eigenvalue weighted by Crippen LogP contribution is 2.61. The van der Waals surface area contributed by atoms with Crippen molar-refractivity contribution >= 4 is 71.8 Å². The summed E-state index contributed by atoms with van der Waals surface area (Å²) in [5.74, 6) is 0. The molecule has 0 atom stereocenters. The number of aryl methyl sites for hydroxylation is 2. The molecule has 0 spiro atoms. The van der Waals surface area contributed by atoms with Crippen LogP contribution in [0, 0.1) is 0 Å². The number of rotatable bonds is 10. The van der Waals surface area contributed by atoms with Gasteiger partial charge in [0.2, 0.25) is 0 Å². The van der Waals surface area contributed by atoms with Gasteiger partial charge in [-0.05, 0) is 135 Å². The lowest BCUT2D eigenvalue weighted by Gasteiger charge is -2.51. The van der Waals surface area contributed by atoms with Crippen LogP contribution in [0.15, 0.2) is 170 Å². The third kappa shape index (κ3) is 6.36. The van der Waals surface area contributed by atoms with Crippen molar-refractivity contribution in [3.8, 4) is 11.1 Å². The molecule has 0 N–H and O–H groups in total. The van der Waals surface area contributed by atoms with Gasteiger partial charge in [0, 0.05) is 38.5 Å². The van der Waals surface area contributed by atoms with Crippen molar-refractivity contribution < 1.29 is 0 Å². The average molecular weight is 801 g/mol. The van der Waals surface area contributed by atoms with Crippen LogP contribution in [0.1, 0.15) is 36.1 Å². The summed E-state index contributed by atoms with van der Waals surface area (Å²) < 4.78 is -0.0584. The lowest BCUT2D eigenvalue weighted by molar-refractivity contribution is 0.954. The van der Waals surface area contributed by atoms with Crippen LogP contribution in [0.25, 0.3) is 32.7 Å². The maximum atomic E-state index is 2.64. The average Bonchev–Trinajstić information content (AvgIpc) is 3.55. The summed E-state index contributed by atoms with van der Waals surface area (Å²) in [5, 5.41) is 5.20. The molecule has 0 aliphatic heterocycles. The Balaban J connectivity index is 1.33. The van der Waals surface area contributed by atoms with Crippen LogP contribution in [-0.2, 0) is 17.5 Å². The molecule has 8 aromatic carbocycles. The third-order valence-corrected chi connectivity index (χ3v) is 23.1. The molecule has 0 heterocycles. The maximum absolute atomic E-state index is 2.64. The molecule has 1 aliphatic carbocycles. The summed E-state index contributed by atoms with van der Waals surface area (Å²) in [6, 6.07) is 64.2. The van der Waals surface area contributed by atoms with E-state index in [0.717, 1.165) is 18.5 Å². The molecular formula is C55H56N2Si2. The monoisotopic (exact) mass is 800 g/mol. The molecule has 0 bridgehead atoms. The summed E-state index contributed by atoms with van der Waals surface area (Å²) in [6.45, 7) is 20.3. The zero-order valence-electron chi connectivity index (χ0n) is 36.0. The number of benzene rings is 8. The van der Waals surface area contributed by atoms with Gasteiger partial charge < -0.3 is 9.80 Å². The lowest BCUT2D eigenvalue weighted by Crippen LogP contribution is -2.63. The van der Waals surface area contributed by atoms with Crippen molar-refractivity contribution in [1.82, 2.24) is 0 Å². The first kappa shape index (κ1) is 38.8. The van der Waals surface area contributed by atoms with Crippen LogP contribution in [-0.4, -0.2) is 16.1 Å². The number of para-hydroxylation sites is 2. The molecule has 0 saturated heterocycles. The summed E-state index contributed by atoms with van der Waals surface area (Å²) in [4.78, 5) is 4.92. The summed E-state index contributed by atoms with van der Waals surface area (Å²) in [5.41, 5.74) is 15.7. The fourth-order valence-electron chi connectivity index (χ4n) is 10.7. The highest BCUT2D eigenvalue weighted by molar-refractivity contribution is 6.99. The second-order valence-electron chi connectivity index (χ2n) is 18.4. The molecule has 2 nitrogen and oxygen atoms in total. The fourth-order valence-corrected chi connectivity index (χ4v) is 23.8. The van der Waals surface area contributed by atoms with Crippen molar-refractivity contribution in [1.29, 1.82) is 0 Å². The summed E-state index contributed by atoms with van der Waals surface area (Å²) >= 11 is 0. The van der Waals surface area contributed by atoms with Gasteiger partial charge in [-0.25, -0.2) is 0 Å². The van der Waals surface area contributed by atoms with Gasteiger partial charge in [0.1, 0.15) is 0 Å². The Bertz CT molecular complexity index is 2780. The third-order valence-electron chi connectivity index (χ3n) is 13.0. The molecule has 9 rings (SSSR count). The van der Waals surface area contributed by atoms with Crippen LogP contribution < -0.4 is 9.80 Å². The Morgan fingerprint density at radius 3 is 1.42 bits per heavy atom. The van der Waals surface area contributed by atoms with Crippen molar-refractivity contribution in [2.45, 2.75) is 70.6 Å². The molecule has 0 saturated carbocycles. The van der Waals surface area contributed by atoms with Crippen LogP contribution in [0.5, 0.6) is 0 Å². The van der Waals surface area contributed by atoms with E-state index in [1.54, 1.807) is 0 Å². The largest absolute Gasteiger partial charge is 0.310 e. The van der Waals surface area contributed by atoms with E-state index in [4.69, 9.17) is 0 Å². The lowest BCUT2D eigenvalue weighted by atomic mass is 9.94. The van der Waals surface area contributed by atoms with Crippen molar-refractivity contribution in [3.63, 3.8) is 0 Å². The van der Waals surface area contributed by atoms with Gasteiger partial charge in [-0.3, -0.25) is 0 Å². The molecule has 0 fully saturated rings. The Kier molecular flexibility index (Phi) is 9.77. The van der Waals surface area contributed by atoms with Crippen molar-refractivity contribution in [3.05, 3.63) is 192 Å². The minimum absolute atomic E-state index is 0.0584. The normalized spacial score (nSPS) is 13.4. The van der Waals surface area contributed by atoms with E-state index in [1.165, 1.54) is 83.4 Å². The second kappa shape index (κ2) is 14.8. The molecule has 0 unspecified atom stereocenters. The molecule has 294 valence electrons. The Labute approximate surface area is 353 Å². The molecule has 59 heavy (non-hydrogen) atoms. The topological polar surface area (TPSA) is 6.48 Å². The molecule has 0 amide bonds. The highest BCUT2D eigenvalue weighted by atomic mass is 28.4. The second-order valence-corrected chi connectivity index (χ2v) is 29.4. The first-order valence-electron chi connectivity index (χ1n) is 21.5. The van der Waals surface area contributed by atoms with E-state index < -0.39 is 16.1 Å². The van der Waals surface area contributed by atoms with Gasteiger partial charge in [0.15, 0.2) is 0 Å². The van der Waals surface area contributed by atoms with Gasteiger partial charge in [-0.2, -0.15) is 0 Å². The van der Waals surface area contributed by atoms with Crippen LogP contribution in [0.4, 0.5) is 34.1 Å². The maximum Gasteiger partial charge on any atom is 0.0579 e. The zero-order valence-corrected chi connectivity index (χ0v) is 38.0. The Morgan fingerprint density at radius 2 is 0.881 bits per heavy atom. The van der Waals surface area contributed by atoms with Gasteiger partial charge in [-0.1, -0.05) is 150 Å². The molecule has 0 radical (unpaired) electrons. The molecule has 0 aromatic heterocycles. The van der Waals surface area contributed by atoms with E-state index in [9.17, 15) is 0 Å². The van der Waals surface area contributed by atoms with Crippen LogP contribution >= 0.6 is 0 Å². The minimum atomic E-state index is -2.03.